The highest BCUT2D eigenvalue weighted by atomic mass is 35.5. The third kappa shape index (κ3) is 5.46. The van der Waals surface area contributed by atoms with Crippen LogP contribution in [0.2, 0.25) is 10.0 Å². The molecule has 0 aliphatic carbocycles. The fourth-order valence-electron chi connectivity index (χ4n) is 3.35. The summed E-state index contributed by atoms with van der Waals surface area (Å²) in [5, 5.41) is 12.8. The number of carbonyl (C=O) groups excluding carboxylic acids is 1. The summed E-state index contributed by atoms with van der Waals surface area (Å²) in [4.78, 5) is 14.9. The van der Waals surface area contributed by atoms with E-state index in [1.54, 1.807) is 0 Å². The van der Waals surface area contributed by atoms with E-state index in [2.05, 4.69) is 16.3 Å². The Balaban J connectivity index is 1.57. The highest BCUT2D eigenvalue weighted by Crippen LogP contribution is 2.25. The summed E-state index contributed by atoms with van der Waals surface area (Å²) in [6.07, 6.45) is 2.25. The van der Waals surface area contributed by atoms with Gasteiger partial charge in [0.2, 0.25) is 5.91 Å². The molecule has 27 heavy (non-hydrogen) atoms. The highest BCUT2D eigenvalue weighted by molar-refractivity contribution is 6.42. The molecule has 1 unspecified atom stereocenters. The molecule has 0 aromatic heterocycles. The molecule has 1 aliphatic rings. The number of benzene rings is 2. The van der Waals surface area contributed by atoms with Crippen LogP contribution in [0.3, 0.4) is 0 Å². The van der Waals surface area contributed by atoms with Gasteiger partial charge in [-0.05, 0) is 54.8 Å². The molecule has 4 nitrogen and oxygen atoms in total. The van der Waals surface area contributed by atoms with E-state index in [9.17, 15) is 4.79 Å². The lowest BCUT2D eigenvalue weighted by molar-refractivity contribution is -0.121. The van der Waals surface area contributed by atoms with Crippen LogP contribution in [0, 0.1) is 17.2 Å². The molecule has 1 fully saturated rings. The maximum atomic E-state index is 12.6. The van der Waals surface area contributed by atoms with E-state index in [4.69, 9.17) is 28.5 Å². The van der Waals surface area contributed by atoms with E-state index in [0.717, 1.165) is 49.3 Å². The van der Waals surface area contributed by atoms with Crippen LogP contribution >= 0.6 is 23.2 Å². The molecule has 140 valence electrons. The van der Waals surface area contributed by atoms with Gasteiger partial charge in [0.15, 0.2) is 0 Å². The lowest BCUT2D eigenvalue weighted by Gasteiger charge is -2.32. The Labute approximate surface area is 169 Å². The van der Waals surface area contributed by atoms with Crippen molar-refractivity contribution >= 4 is 34.8 Å². The maximum Gasteiger partial charge on any atom is 0.228 e. The number of anilines is 1. The molecule has 2 aromatic rings. The third-order valence-electron chi connectivity index (χ3n) is 4.77. The second-order valence-corrected chi connectivity index (χ2v) is 7.66. The predicted molar refractivity (Wildman–Crippen MR) is 109 cm³/mol. The zero-order valence-electron chi connectivity index (χ0n) is 14.9. The van der Waals surface area contributed by atoms with E-state index < -0.39 is 0 Å². The van der Waals surface area contributed by atoms with Gasteiger partial charge < -0.3 is 5.32 Å². The average Bonchev–Trinajstić information content (AvgIpc) is 2.67. The lowest BCUT2D eigenvalue weighted by Crippen LogP contribution is -2.40. The van der Waals surface area contributed by atoms with Crippen molar-refractivity contribution in [2.24, 2.45) is 5.92 Å². The van der Waals surface area contributed by atoms with Crippen molar-refractivity contribution in [3.63, 3.8) is 0 Å². The van der Waals surface area contributed by atoms with E-state index in [1.807, 2.05) is 42.5 Å². The summed E-state index contributed by atoms with van der Waals surface area (Å²) in [5.41, 5.74) is 2.81. The van der Waals surface area contributed by atoms with E-state index in [-0.39, 0.29) is 11.8 Å². The molecular weight excluding hydrogens is 381 g/mol. The third-order valence-corrected chi connectivity index (χ3v) is 5.51. The minimum atomic E-state index is -0.0414. The molecule has 0 radical (unpaired) electrons. The van der Waals surface area contributed by atoms with Gasteiger partial charge in [-0.25, -0.2) is 0 Å². The number of nitriles is 1. The summed E-state index contributed by atoms with van der Waals surface area (Å²) in [7, 11) is 0. The Hall–Kier alpha value is -2.06. The van der Waals surface area contributed by atoms with Gasteiger partial charge >= 0.3 is 0 Å². The number of piperidine rings is 1. The van der Waals surface area contributed by atoms with Crippen molar-refractivity contribution < 1.29 is 4.79 Å². The van der Waals surface area contributed by atoms with Crippen LogP contribution < -0.4 is 5.32 Å². The van der Waals surface area contributed by atoms with Crippen molar-refractivity contribution in [3.8, 4) is 6.07 Å². The quantitative estimate of drug-likeness (QED) is 0.773. The van der Waals surface area contributed by atoms with Crippen LogP contribution in [-0.2, 0) is 17.8 Å². The Kier molecular flexibility index (Phi) is 6.73. The number of hydrogen-bond donors (Lipinski definition) is 1. The Morgan fingerprint density at radius 1 is 1.15 bits per heavy atom. The van der Waals surface area contributed by atoms with Gasteiger partial charge in [-0.2, -0.15) is 5.26 Å². The number of hydrogen-bond acceptors (Lipinski definition) is 3. The second kappa shape index (κ2) is 9.23. The fraction of sp³-hybridized carbons (Fsp3) is 0.333. The zero-order chi connectivity index (χ0) is 19.2. The largest absolute Gasteiger partial charge is 0.326 e. The smallest absolute Gasteiger partial charge is 0.228 e. The molecule has 1 heterocycles. The summed E-state index contributed by atoms with van der Waals surface area (Å²) in [6, 6.07) is 15.2. The number of halogens is 2. The summed E-state index contributed by atoms with van der Waals surface area (Å²) < 4.78 is 0. The first-order valence-corrected chi connectivity index (χ1v) is 9.74. The molecular formula is C21H21Cl2N3O. The average molecular weight is 402 g/mol. The summed E-state index contributed by atoms with van der Waals surface area (Å²) in [6.45, 7) is 2.44. The van der Waals surface area contributed by atoms with Gasteiger partial charge in [0, 0.05) is 18.8 Å². The van der Waals surface area contributed by atoms with Crippen LogP contribution in [0.15, 0.2) is 42.5 Å². The van der Waals surface area contributed by atoms with Gasteiger partial charge in [-0.1, -0.05) is 41.4 Å². The van der Waals surface area contributed by atoms with Gasteiger partial charge in [-0.15, -0.1) is 0 Å². The van der Waals surface area contributed by atoms with Crippen LogP contribution in [0.4, 0.5) is 5.69 Å². The first-order chi connectivity index (χ1) is 13.0. The number of likely N-dealkylation sites (tertiary alicyclic amines) is 1. The highest BCUT2D eigenvalue weighted by Gasteiger charge is 2.26. The van der Waals surface area contributed by atoms with Crippen molar-refractivity contribution in [1.82, 2.24) is 4.90 Å². The van der Waals surface area contributed by atoms with Crippen molar-refractivity contribution in [3.05, 3.63) is 63.6 Å². The molecule has 1 aliphatic heterocycles. The Morgan fingerprint density at radius 2 is 1.89 bits per heavy atom. The van der Waals surface area contributed by atoms with E-state index in [1.165, 1.54) is 0 Å². The van der Waals surface area contributed by atoms with Gasteiger partial charge in [0.25, 0.3) is 0 Å². The molecule has 1 N–H and O–H groups in total. The first kappa shape index (κ1) is 19.7. The monoisotopic (exact) mass is 401 g/mol. The normalized spacial score (nSPS) is 17.3. The van der Waals surface area contributed by atoms with Crippen molar-refractivity contribution in [1.29, 1.82) is 5.26 Å². The SMILES string of the molecule is N#CCc1ccc(NC(=O)C2CCCN(Cc3ccc(Cl)c(Cl)c3)C2)cc1. The summed E-state index contributed by atoms with van der Waals surface area (Å²) >= 11 is 12.1. The molecule has 1 amide bonds. The summed E-state index contributed by atoms with van der Waals surface area (Å²) in [5.74, 6) is 0.00202. The number of rotatable bonds is 5. The number of amides is 1. The van der Waals surface area contributed by atoms with Gasteiger partial charge in [0.1, 0.15) is 0 Å². The van der Waals surface area contributed by atoms with E-state index in [0.29, 0.717) is 16.5 Å². The Bertz CT molecular complexity index is 845. The van der Waals surface area contributed by atoms with Crippen LogP contribution in [0.25, 0.3) is 0 Å². The first-order valence-electron chi connectivity index (χ1n) is 8.98. The van der Waals surface area contributed by atoms with Crippen molar-refractivity contribution in [2.75, 3.05) is 18.4 Å². The van der Waals surface area contributed by atoms with Crippen molar-refractivity contribution in [2.45, 2.75) is 25.8 Å². The van der Waals surface area contributed by atoms with Gasteiger partial charge in [-0.3, -0.25) is 9.69 Å². The second-order valence-electron chi connectivity index (χ2n) is 6.84. The minimum absolute atomic E-state index is 0.0414. The maximum absolute atomic E-state index is 12.6. The zero-order valence-corrected chi connectivity index (χ0v) is 16.4. The predicted octanol–water partition coefficient (Wildman–Crippen LogP) is 4.91. The standard InChI is InChI=1S/C21H21Cl2N3O/c22-19-8-5-16(12-20(19)23)13-26-11-1-2-17(14-26)21(27)25-18-6-3-15(4-7-18)9-10-24/h3-8,12,17H,1-2,9,11,13-14H2,(H,25,27). The molecule has 0 spiro atoms. The Morgan fingerprint density at radius 3 is 2.59 bits per heavy atom. The number of carbonyl (C=O) groups is 1. The lowest BCUT2D eigenvalue weighted by atomic mass is 9.96. The van der Waals surface area contributed by atoms with Crippen LogP contribution in [-0.4, -0.2) is 23.9 Å². The molecule has 2 aromatic carbocycles. The fourth-order valence-corrected chi connectivity index (χ4v) is 3.67. The van der Waals surface area contributed by atoms with Crippen LogP contribution in [0.1, 0.15) is 24.0 Å². The molecule has 1 saturated heterocycles. The van der Waals surface area contributed by atoms with E-state index >= 15 is 0 Å². The molecule has 6 heteroatoms. The molecule has 0 bridgehead atoms. The topological polar surface area (TPSA) is 56.1 Å². The molecule has 1 atom stereocenters. The number of nitrogens with one attached hydrogen (secondary N) is 1. The molecule has 3 rings (SSSR count). The minimum Gasteiger partial charge on any atom is -0.326 e. The van der Waals surface area contributed by atoms with Gasteiger partial charge in [0.05, 0.1) is 28.5 Å². The molecule has 0 saturated carbocycles. The van der Waals surface area contributed by atoms with Crippen LogP contribution in [0.5, 0.6) is 0 Å². The number of nitrogens with zero attached hydrogens (tertiary/aromatic N) is 2.